The molecule has 146 valence electrons. The minimum atomic E-state index is -0.875. The van der Waals surface area contributed by atoms with Crippen LogP contribution in [0, 0.1) is 0 Å². The first-order chi connectivity index (χ1) is 13.0. The van der Waals surface area contributed by atoms with Crippen LogP contribution < -0.4 is 10.6 Å². The van der Waals surface area contributed by atoms with E-state index in [9.17, 15) is 14.7 Å². The Morgan fingerprint density at radius 2 is 1.93 bits per heavy atom. The van der Waals surface area contributed by atoms with Crippen molar-refractivity contribution in [2.75, 3.05) is 45.9 Å². The zero-order valence-electron chi connectivity index (χ0n) is 15.5. The van der Waals surface area contributed by atoms with Gasteiger partial charge >= 0.3 is 11.8 Å². The summed E-state index contributed by atoms with van der Waals surface area (Å²) in [5.41, 5.74) is 1.76. The minimum absolute atomic E-state index is 0.0198. The van der Waals surface area contributed by atoms with Crippen LogP contribution in [0.15, 0.2) is 30.5 Å². The highest BCUT2D eigenvalue weighted by molar-refractivity contribution is 6.35. The van der Waals surface area contributed by atoms with E-state index >= 15 is 0 Å². The molecule has 1 saturated heterocycles. The number of benzene rings is 1. The van der Waals surface area contributed by atoms with Crippen molar-refractivity contribution in [3.8, 4) is 0 Å². The predicted molar refractivity (Wildman–Crippen MR) is 101 cm³/mol. The molecule has 27 heavy (non-hydrogen) atoms. The number of aromatic nitrogens is 1. The van der Waals surface area contributed by atoms with E-state index in [2.05, 4.69) is 15.5 Å². The van der Waals surface area contributed by atoms with Crippen molar-refractivity contribution in [3.63, 3.8) is 0 Å². The number of amides is 2. The molecule has 0 aliphatic carbocycles. The van der Waals surface area contributed by atoms with Gasteiger partial charge in [0.2, 0.25) is 0 Å². The van der Waals surface area contributed by atoms with Gasteiger partial charge in [0.05, 0.1) is 19.3 Å². The van der Waals surface area contributed by atoms with Gasteiger partial charge in [-0.1, -0.05) is 6.07 Å². The number of hydrogen-bond donors (Lipinski definition) is 3. The lowest BCUT2D eigenvalue weighted by Crippen LogP contribution is -2.45. The molecule has 1 aliphatic heterocycles. The molecule has 1 unspecified atom stereocenters. The van der Waals surface area contributed by atoms with Crippen LogP contribution in [0.3, 0.4) is 0 Å². The van der Waals surface area contributed by atoms with Gasteiger partial charge in [0.1, 0.15) is 0 Å². The summed E-state index contributed by atoms with van der Waals surface area (Å²) >= 11 is 0. The number of fused-ring (bicyclic) bond motifs is 1. The Balaban J connectivity index is 1.42. The third-order valence-corrected chi connectivity index (χ3v) is 4.77. The lowest BCUT2D eigenvalue weighted by atomic mass is 10.1. The molecule has 0 radical (unpaired) electrons. The predicted octanol–water partition coefficient (Wildman–Crippen LogP) is -0.224. The lowest BCUT2D eigenvalue weighted by molar-refractivity contribution is -0.139. The van der Waals surface area contributed by atoms with Crippen LogP contribution in [-0.4, -0.2) is 72.3 Å². The Bertz CT molecular complexity index is 798. The number of nitrogens with one attached hydrogen (secondary N) is 2. The molecule has 1 aromatic heterocycles. The number of aliphatic hydroxyl groups excluding tert-OH is 1. The molecule has 2 amide bonds. The highest BCUT2D eigenvalue weighted by atomic mass is 16.5. The molecule has 1 fully saturated rings. The fourth-order valence-electron chi connectivity index (χ4n) is 3.13. The molecule has 1 aliphatic rings. The molecule has 2 heterocycles. The quantitative estimate of drug-likeness (QED) is 0.608. The SMILES string of the molecule is Cn1ccc2cc(C(O)CNC(=O)C(=O)NCCN3CCOCC3)ccc21. The van der Waals surface area contributed by atoms with Crippen LogP contribution >= 0.6 is 0 Å². The van der Waals surface area contributed by atoms with Crippen LogP contribution in [0.4, 0.5) is 0 Å². The second kappa shape index (κ2) is 8.98. The zero-order valence-corrected chi connectivity index (χ0v) is 15.5. The van der Waals surface area contributed by atoms with Gasteiger partial charge in [-0.25, -0.2) is 0 Å². The first-order valence-corrected chi connectivity index (χ1v) is 9.14. The van der Waals surface area contributed by atoms with Crippen LogP contribution in [-0.2, 0) is 21.4 Å². The van der Waals surface area contributed by atoms with Crippen molar-refractivity contribution >= 4 is 22.7 Å². The van der Waals surface area contributed by atoms with Gasteiger partial charge in [0.15, 0.2) is 0 Å². The molecule has 1 aromatic carbocycles. The molecule has 3 rings (SSSR count). The number of morpholine rings is 1. The summed E-state index contributed by atoms with van der Waals surface area (Å²) in [6.45, 7) is 4.12. The van der Waals surface area contributed by atoms with Crippen LogP contribution in [0.2, 0.25) is 0 Å². The van der Waals surface area contributed by atoms with Gasteiger partial charge in [-0.2, -0.15) is 0 Å². The average Bonchev–Trinajstić information content (AvgIpc) is 3.06. The number of rotatable bonds is 6. The summed E-state index contributed by atoms with van der Waals surface area (Å²) in [7, 11) is 1.95. The third-order valence-electron chi connectivity index (χ3n) is 4.77. The summed E-state index contributed by atoms with van der Waals surface area (Å²) in [6.07, 6.45) is 1.07. The van der Waals surface area contributed by atoms with Gasteiger partial charge in [-0.3, -0.25) is 14.5 Å². The summed E-state index contributed by atoms with van der Waals surface area (Å²) < 4.78 is 7.26. The Hall–Kier alpha value is -2.42. The second-order valence-corrected chi connectivity index (χ2v) is 6.68. The number of hydrogen-bond acceptors (Lipinski definition) is 5. The summed E-state index contributed by atoms with van der Waals surface area (Å²) in [6, 6.07) is 7.59. The van der Waals surface area contributed by atoms with E-state index in [0.29, 0.717) is 31.9 Å². The lowest BCUT2D eigenvalue weighted by Gasteiger charge is -2.26. The normalized spacial score (nSPS) is 16.2. The van der Waals surface area contributed by atoms with Crippen molar-refractivity contribution in [3.05, 3.63) is 36.0 Å². The monoisotopic (exact) mass is 374 g/mol. The Labute approximate surface area is 158 Å². The molecule has 1 atom stereocenters. The van der Waals surface area contributed by atoms with Crippen molar-refractivity contribution in [1.82, 2.24) is 20.1 Å². The van der Waals surface area contributed by atoms with E-state index in [1.807, 2.05) is 42.1 Å². The van der Waals surface area contributed by atoms with Crippen molar-refractivity contribution in [2.24, 2.45) is 7.05 Å². The first-order valence-electron chi connectivity index (χ1n) is 9.14. The first kappa shape index (κ1) is 19.3. The Morgan fingerprint density at radius 3 is 2.70 bits per heavy atom. The van der Waals surface area contributed by atoms with Crippen LogP contribution in [0.5, 0.6) is 0 Å². The maximum Gasteiger partial charge on any atom is 0.309 e. The number of aryl methyl sites for hydroxylation is 1. The molecule has 0 spiro atoms. The molecule has 8 heteroatoms. The maximum absolute atomic E-state index is 11.9. The molecular formula is C19H26N4O4. The van der Waals surface area contributed by atoms with Crippen molar-refractivity contribution < 1.29 is 19.4 Å². The van der Waals surface area contributed by atoms with Gasteiger partial charge < -0.3 is 25.0 Å². The van der Waals surface area contributed by atoms with E-state index < -0.39 is 17.9 Å². The number of nitrogens with zero attached hydrogens (tertiary/aromatic N) is 2. The highest BCUT2D eigenvalue weighted by Crippen LogP contribution is 2.20. The number of ether oxygens (including phenoxy) is 1. The van der Waals surface area contributed by atoms with E-state index in [1.165, 1.54) is 0 Å². The van der Waals surface area contributed by atoms with Crippen molar-refractivity contribution in [1.29, 1.82) is 0 Å². The largest absolute Gasteiger partial charge is 0.387 e. The van der Waals surface area contributed by atoms with Crippen LogP contribution in [0.25, 0.3) is 10.9 Å². The summed E-state index contributed by atoms with van der Waals surface area (Å²) in [5, 5.41) is 16.4. The van der Waals surface area contributed by atoms with Crippen LogP contribution in [0.1, 0.15) is 11.7 Å². The molecule has 0 saturated carbocycles. The standard InChI is InChI=1S/C19H26N4O4/c1-22-6-4-14-12-15(2-3-16(14)22)17(24)13-21-19(26)18(25)20-5-7-23-8-10-27-11-9-23/h2-4,6,12,17,24H,5,7-11,13H2,1H3,(H,20,25)(H,21,26). The molecule has 0 bridgehead atoms. The smallest absolute Gasteiger partial charge is 0.309 e. The van der Waals surface area contributed by atoms with Gasteiger partial charge in [-0.15, -0.1) is 0 Å². The molecule has 8 nitrogen and oxygen atoms in total. The molecule has 3 N–H and O–H groups in total. The summed E-state index contributed by atoms with van der Waals surface area (Å²) in [4.78, 5) is 25.9. The van der Waals surface area contributed by atoms with Crippen molar-refractivity contribution in [2.45, 2.75) is 6.10 Å². The maximum atomic E-state index is 11.9. The number of carbonyl (C=O) groups excluding carboxylic acids is 2. The minimum Gasteiger partial charge on any atom is -0.387 e. The average molecular weight is 374 g/mol. The molecule has 2 aromatic rings. The number of aliphatic hydroxyl groups is 1. The topological polar surface area (TPSA) is 95.8 Å². The van der Waals surface area contributed by atoms with Gasteiger partial charge in [-0.05, 0) is 29.1 Å². The second-order valence-electron chi connectivity index (χ2n) is 6.68. The molecular weight excluding hydrogens is 348 g/mol. The number of carbonyl (C=O) groups is 2. The fourth-order valence-corrected chi connectivity index (χ4v) is 3.13. The van der Waals surface area contributed by atoms with E-state index in [1.54, 1.807) is 0 Å². The van der Waals surface area contributed by atoms with E-state index in [0.717, 1.165) is 24.0 Å². The van der Waals surface area contributed by atoms with E-state index in [4.69, 9.17) is 4.74 Å². The van der Waals surface area contributed by atoms with Gasteiger partial charge in [0, 0.05) is 51.5 Å². The fraction of sp³-hybridized carbons (Fsp3) is 0.474. The Morgan fingerprint density at radius 1 is 1.19 bits per heavy atom. The zero-order chi connectivity index (χ0) is 19.2. The Kier molecular flexibility index (Phi) is 6.44. The van der Waals surface area contributed by atoms with Gasteiger partial charge in [0.25, 0.3) is 0 Å². The third kappa shape index (κ3) is 5.06. The van der Waals surface area contributed by atoms with E-state index in [-0.39, 0.29) is 6.54 Å². The summed E-state index contributed by atoms with van der Waals surface area (Å²) in [5.74, 6) is -1.43. The highest BCUT2D eigenvalue weighted by Gasteiger charge is 2.17.